The van der Waals surface area contributed by atoms with Crippen LogP contribution in [0, 0.1) is 0 Å². The number of rotatable bonds is 9. The summed E-state index contributed by atoms with van der Waals surface area (Å²) in [6, 6.07) is 16.4. The fraction of sp³-hybridized carbons (Fsp3) is 0.308. The van der Waals surface area contributed by atoms with Crippen LogP contribution in [-0.2, 0) is 6.42 Å². The number of pyridine rings is 1. The molecule has 4 heterocycles. The topological polar surface area (TPSA) is 111 Å². The van der Waals surface area contributed by atoms with Crippen molar-refractivity contribution in [2.45, 2.75) is 18.6 Å². The Bertz CT molecular complexity index is 1380. The maximum Gasteiger partial charge on any atom is 0.231 e. The molecule has 2 aromatic heterocycles. The van der Waals surface area contributed by atoms with Gasteiger partial charge in [-0.05, 0) is 47.5 Å². The Balaban J connectivity index is 1.28. The van der Waals surface area contributed by atoms with Crippen LogP contribution in [0.25, 0.3) is 5.65 Å². The zero-order chi connectivity index (χ0) is 24.5. The van der Waals surface area contributed by atoms with Crippen LogP contribution < -0.4 is 18.9 Å². The molecule has 36 heavy (non-hydrogen) atoms. The van der Waals surface area contributed by atoms with Crippen molar-refractivity contribution < 1.29 is 29.2 Å². The fourth-order valence-electron chi connectivity index (χ4n) is 4.68. The van der Waals surface area contributed by atoms with Gasteiger partial charge in [-0.2, -0.15) is 0 Å². The van der Waals surface area contributed by atoms with E-state index >= 15 is 0 Å². The highest BCUT2D eigenvalue weighted by molar-refractivity contribution is 5.46. The number of benzene rings is 2. The average molecular weight is 491 g/mol. The highest BCUT2D eigenvalue weighted by Gasteiger charge is 2.26. The van der Waals surface area contributed by atoms with Crippen LogP contribution >= 0.6 is 0 Å². The van der Waals surface area contributed by atoms with Crippen molar-refractivity contribution in [3.63, 3.8) is 0 Å². The Kier molecular flexibility index (Phi) is 6.06. The lowest BCUT2D eigenvalue weighted by Crippen LogP contribution is -2.36. The van der Waals surface area contributed by atoms with E-state index in [1.54, 1.807) is 12.1 Å². The molecule has 0 fully saturated rings. The minimum atomic E-state index is -0.822. The van der Waals surface area contributed by atoms with Gasteiger partial charge in [-0.15, -0.1) is 10.2 Å². The number of aliphatic hydroxyl groups excluding tert-OH is 2. The molecule has 2 aliphatic heterocycles. The highest BCUT2D eigenvalue weighted by atomic mass is 16.7. The van der Waals surface area contributed by atoms with E-state index in [1.165, 1.54) is 0 Å². The molecule has 10 heteroatoms. The number of nitrogens with zero attached hydrogens (tertiary/aromatic N) is 4. The molecule has 10 nitrogen and oxygen atoms in total. The number of hydrogen-bond donors (Lipinski definition) is 2. The molecule has 0 saturated carbocycles. The van der Waals surface area contributed by atoms with E-state index in [-0.39, 0.29) is 32.8 Å². The number of aliphatic hydroxyl groups is 2. The summed E-state index contributed by atoms with van der Waals surface area (Å²) in [7, 11) is 0. The summed E-state index contributed by atoms with van der Waals surface area (Å²) >= 11 is 0. The van der Waals surface area contributed by atoms with E-state index < -0.39 is 6.10 Å². The van der Waals surface area contributed by atoms with Crippen molar-refractivity contribution in [1.29, 1.82) is 0 Å². The first-order chi connectivity index (χ1) is 17.7. The van der Waals surface area contributed by atoms with Crippen molar-refractivity contribution in [2.24, 2.45) is 0 Å². The zero-order valence-corrected chi connectivity index (χ0v) is 19.5. The van der Waals surface area contributed by atoms with Gasteiger partial charge in [0, 0.05) is 25.7 Å². The first-order valence-corrected chi connectivity index (χ1v) is 11.8. The molecule has 2 N–H and O–H groups in total. The van der Waals surface area contributed by atoms with Crippen LogP contribution in [0.5, 0.6) is 23.0 Å². The Morgan fingerprint density at radius 2 is 1.56 bits per heavy atom. The van der Waals surface area contributed by atoms with Crippen molar-refractivity contribution in [3.8, 4) is 23.0 Å². The van der Waals surface area contributed by atoms with Crippen molar-refractivity contribution >= 4 is 5.65 Å². The van der Waals surface area contributed by atoms with Gasteiger partial charge in [0.1, 0.15) is 5.82 Å². The van der Waals surface area contributed by atoms with Crippen molar-refractivity contribution in [3.05, 3.63) is 77.7 Å². The minimum absolute atomic E-state index is 0.145. The largest absolute Gasteiger partial charge is 0.454 e. The van der Waals surface area contributed by atoms with Gasteiger partial charge in [0.25, 0.3) is 0 Å². The average Bonchev–Trinajstić information content (AvgIpc) is 3.66. The lowest BCUT2D eigenvalue weighted by molar-refractivity contribution is 0.0615. The summed E-state index contributed by atoms with van der Waals surface area (Å²) in [5, 5.41) is 30.3. The van der Waals surface area contributed by atoms with Gasteiger partial charge in [-0.3, -0.25) is 9.30 Å². The Hall–Kier alpha value is -3.86. The Morgan fingerprint density at radius 1 is 0.861 bits per heavy atom. The summed E-state index contributed by atoms with van der Waals surface area (Å²) in [6.45, 7) is 1.00. The molecular formula is C26H26N4O6. The van der Waals surface area contributed by atoms with Crippen LogP contribution in [0.15, 0.2) is 60.8 Å². The number of aromatic nitrogens is 3. The summed E-state index contributed by atoms with van der Waals surface area (Å²) in [4.78, 5) is 2.05. The second kappa shape index (κ2) is 9.65. The van der Waals surface area contributed by atoms with Gasteiger partial charge >= 0.3 is 0 Å². The first-order valence-electron chi connectivity index (χ1n) is 11.8. The lowest BCUT2D eigenvalue weighted by Gasteiger charge is -2.32. The molecule has 0 amide bonds. The first kappa shape index (κ1) is 22.6. The molecular weight excluding hydrogens is 464 g/mol. The predicted octanol–water partition coefficient (Wildman–Crippen LogP) is 2.50. The van der Waals surface area contributed by atoms with Gasteiger partial charge in [-0.25, -0.2) is 0 Å². The molecule has 0 saturated heterocycles. The molecule has 186 valence electrons. The maximum absolute atomic E-state index is 11.2. The van der Waals surface area contributed by atoms with Gasteiger partial charge in [0.15, 0.2) is 28.6 Å². The molecule has 0 spiro atoms. The van der Waals surface area contributed by atoms with Gasteiger partial charge < -0.3 is 29.2 Å². The second-order valence-corrected chi connectivity index (χ2v) is 8.73. The van der Waals surface area contributed by atoms with Crippen LogP contribution in [0.4, 0.5) is 0 Å². The fourth-order valence-corrected chi connectivity index (χ4v) is 4.68. The molecule has 2 atom stereocenters. The van der Waals surface area contributed by atoms with Crippen LogP contribution in [0.3, 0.4) is 0 Å². The molecule has 6 rings (SSSR count). The maximum atomic E-state index is 11.2. The molecule has 4 aromatic rings. The summed E-state index contributed by atoms with van der Waals surface area (Å²) in [6.07, 6.45) is 1.68. The molecule has 0 aliphatic carbocycles. The quantitative estimate of drug-likeness (QED) is 0.366. The lowest BCUT2D eigenvalue weighted by atomic mass is 10.0. The van der Waals surface area contributed by atoms with E-state index in [2.05, 4.69) is 15.1 Å². The zero-order valence-electron chi connectivity index (χ0n) is 19.5. The van der Waals surface area contributed by atoms with E-state index in [4.69, 9.17) is 18.9 Å². The Morgan fingerprint density at radius 3 is 2.31 bits per heavy atom. The number of fused-ring (bicyclic) bond motifs is 3. The second-order valence-electron chi connectivity index (χ2n) is 8.73. The van der Waals surface area contributed by atoms with Crippen LogP contribution in [-0.4, -0.2) is 63.0 Å². The SMILES string of the molecule is OCC(c1ccc2c(c1)OCO2)N(CCc1nnc2ccccn12)CC(O)c1ccc2c(c1)OCO2. The van der Waals surface area contributed by atoms with Crippen molar-refractivity contribution in [2.75, 3.05) is 33.3 Å². The standard InChI is InChI=1S/C26H26N4O6/c31-14-19(17-4-6-21-23(11-17)35-15-33-21)29(10-8-26-28-27-25-3-1-2-9-30(25)26)13-20(32)18-5-7-22-24(12-18)36-16-34-22/h1-7,9,11-12,19-20,31-32H,8,10,13-16H2. The van der Waals surface area contributed by atoms with E-state index in [0.717, 1.165) is 17.0 Å². The third-order valence-electron chi connectivity index (χ3n) is 6.59. The van der Waals surface area contributed by atoms with Crippen LogP contribution in [0.1, 0.15) is 29.1 Å². The summed E-state index contributed by atoms with van der Waals surface area (Å²) < 4.78 is 23.8. The Labute approximate surface area is 207 Å². The normalized spacial score (nSPS) is 15.5. The third-order valence-corrected chi connectivity index (χ3v) is 6.59. The third kappa shape index (κ3) is 4.30. The summed E-state index contributed by atoms with van der Waals surface area (Å²) in [5.41, 5.74) is 2.35. The number of hydrogen-bond acceptors (Lipinski definition) is 9. The number of ether oxygens (including phenoxy) is 4. The van der Waals surface area contributed by atoms with E-state index in [9.17, 15) is 10.2 Å². The minimum Gasteiger partial charge on any atom is -0.454 e. The van der Waals surface area contributed by atoms with Crippen molar-refractivity contribution in [1.82, 2.24) is 19.5 Å². The summed E-state index contributed by atoms with van der Waals surface area (Å²) in [5.74, 6) is 3.40. The van der Waals surface area contributed by atoms with E-state index in [0.29, 0.717) is 41.5 Å². The van der Waals surface area contributed by atoms with Gasteiger partial charge in [0.05, 0.1) is 18.8 Å². The smallest absolute Gasteiger partial charge is 0.231 e. The molecule has 0 bridgehead atoms. The van der Waals surface area contributed by atoms with Gasteiger partial charge in [-0.1, -0.05) is 18.2 Å². The monoisotopic (exact) mass is 490 g/mol. The highest BCUT2D eigenvalue weighted by Crippen LogP contribution is 2.37. The molecule has 2 aromatic carbocycles. The van der Waals surface area contributed by atoms with Gasteiger partial charge in [0.2, 0.25) is 13.6 Å². The predicted molar refractivity (Wildman–Crippen MR) is 128 cm³/mol. The molecule has 0 radical (unpaired) electrons. The van der Waals surface area contributed by atoms with Crippen LogP contribution in [0.2, 0.25) is 0 Å². The molecule has 2 unspecified atom stereocenters. The molecule has 2 aliphatic rings. The van der Waals surface area contributed by atoms with E-state index in [1.807, 2.05) is 53.1 Å².